The van der Waals surface area contributed by atoms with Gasteiger partial charge >= 0.3 is 11.9 Å². The number of benzene rings is 3. The van der Waals surface area contributed by atoms with Gasteiger partial charge in [-0.05, 0) is 12.1 Å². The smallest absolute Gasteiger partial charge is 0.342 e. The van der Waals surface area contributed by atoms with Crippen LogP contribution in [-0.4, -0.2) is 54.6 Å². The SMILES string of the molecule is COC(=O)c1c(OC)c(OC)c(Cl)c2cc3c(C(=O)OC)c(OC)c(OC)c(Cl)c3cc12. The van der Waals surface area contributed by atoms with Crippen LogP contribution in [0.2, 0.25) is 10.0 Å². The van der Waals surface area contributed by atoms with Crippen LogP contribution in [0.25, 0.3) is 21.5 Å². The summed E-state index contributed by atoms with van der Waals surface area (Å²) in [5.41, 5.74) is 0.164. The van der Waals surface area contributed by atoms with Crippen LogP contribution in [0.4, 0.5) is 0 Å². The molecule has 3 aromatic carbocycles. The molecule has 10 heteroatoms. The fraction of sp³-hybridized carbons (Fsp3) is 0.273. The van der Waals surface area contributed by atoms with Gasteiger partial charge in [-0.1, -0.05) is 23.2 Å². The molecule has 0 aliphatic carbocycles. The molecule has 0 atom stereocenters. The van der Waals surface area contributed by atoms with Crippen molar-refractivity contribution in [3.63, 3.8) is 0 Å². The Bertz CT molecular complexity index is 1160. The van der Waals surface area contributed by atoms with Gasteiger partial charge in [-0.3, -0.25) is 0 Å². The summed E-state index contributed by atoms with van der Waals surface area (Å²) in [6.07, 6.45) is 0. The van der Waals surface area contributed by atoms with Crippen molar-refractivity contribution in [2.24, 2.45) is 0 Å². The zero-order valence-corrected chi connectivity index (χ0v) is 19.7. The van der Waals surface area contributed by atoms with E-state index in [9.17, 15) is 9.59 Å². The van der Waals surface area contributed by atoms with Crippen molar-refractivity contribution >= 4 is 56.7 Å². The van der Waals surface area contributed by atoms with Crippen molar-refractivity contribution in [2.75, 3.05) is 42.7 Å². The normalized spacial score (nSPS) is 10.8. The molecule has 0 N–H and O–H groups in total. The predicted molar refractivity (Wildman–Crippen MR) is 120 cm³/mol. The summed E-state index contributed by atoms with van der Waals surface area (Å²) in [7, 11) is 8.02. The van der Waals surface area contributed by atoms with Gasteiger partial charge < -0.3 is 28.4 Å². The van der Waals surface area contributed by atoms with Gasteiger partial charge in [0.1, 0.15) is 11.1 Å². The van der Waals surface area contributed by atoms with E-state index in [1.807, 2.05) is 0 Å². The molecular weight excluding hydrogens is 463 g/mol. The lowest BCUT2D eigenvalue weighted by molar-refractivity contribution is 0.0589. The first-order valence-corrected chi connectivity index (χ1v) is 9.87. The second-order valence-corrected chi connectivity index (χ2v) is 7.19. The standard InChI is InChI=1S/C22H20Cl2O8/c1-27-17-13(21(25)31-5)9-7-12-10(8-11(9)15(23)19(17)29-3)14(22(26)32-6)18(28-2)20(30-4)16(12)24/h7-8H,1-6H3. The number of esters is 2. The lowest BCUT2D eigenvalue weighted by Crippen LogP contribution is -2.09. The summed E-state index contributed by atoms with van der Waals surface area (Å²) < 4.78 is 31.6. The maximum atomic E-state index is 12.7. The minimum atomic E-state index is -0.675. The first kappa shape index (κ1) is 23.6. The zero-order valence-electron chi connectivity index (χ0n) is 18.2. The van der Waals surface area contributed by atoms with Crippen molar-refractivity contribution in [1.82, 2.24) is 0 Å². The minimum Gasteiger partial charge on any atom is -0.492 e. The van der Waals surface area contributed by atoms with E-state index in [4.69, 9.17) is 51.6 Å². The maximum absolute atomic E-state index is 12.7. The van der Waals surface area contributed by atoms with Crippen molar-refractivity contribution in [1.29, 1.82) is 0 Å². The Morgan fingerprint density at radius 3 is 1.12 bits per heavy atom. The van der Waals surface area contributed by atoms with E-state index in [0.29, 0.717) is 21.5 Å². The fourth-order valence-corrected chi connectivity index (χ4v) is 4.29. The number of carbonyl (C=O) groups is 2. The first-order valence-electron chi connectivity index (χ1n) is 9.12. The van der Waals surface area contributed by atoms with Gasteiger partial charge in [0.05, 0.1) is 52.7 Å². The molecule has 0 amide bonds. The summed E-state index contributed by atoms with van der Waals surface area (Å²) in [4.78, 5) is 25.4. The highest BCUT2D eigenvalue weighted by Gasteiger charge is 2.30. The van der Waals surface area contributed by atoms with E-state index in [0.717, 1.165) is 0 Å². The van der Waals surface area contributed by atoms with Gasteiger partial charge in [-0.25, -0.2) is 9.59 Å². The van der Waals surface area contributed by atoms with Crippen LogP contribution in [0, 0.1) is 0 Å². The van der Waals surface area contributed by atoms with Gasteiger partial charge in [0.2, 0.25) is 0 Å². The molecule has 3 aromatic rings. The first-order chi connectivity index (χ1) is 15.3. The molecule has 0 bridgehead atoms. The van der Waals surface area contributed by atoms with Gasteiger partial charge in [-0.2, -0.15) is 0 Å². The molecule has 8 nitrogen and oxygen atoms in total. The Balaban J connectivity index is 2.69. The van der Waals surface area contributed by atoms with Crippen LogP contribution < -0.4 is 18.9 Å². The average Bonchev–Trinajstić information content (AvgIpc) is 2.81. The Morgan fingerprint density at radius 1 is 0.562 bits per heavy atom. The van der Waals surface area contributed by atoms with E-state index in [-0.39, 0.29) is 44.2 Å². The van der Waals surface area contributed by atoms with Crippen molar-refractivity contribution < 1.29 is 38.0 Å². The molecule has 0 radical (unpaired) electrons. The summed E-state index contributed by atoms with van der Waals surface area (Å²) in [6, 6.07) is 3.20. The molecule has 3 rings (SSSR count). The van der Waals surface area contributed by atoms with Crippen LogP contribution in [0.5, 0.6) is 23.0 Å². The topological polar surface area (TPSA) is 89.5 Å². The van der Waals surface area contributed by atoms with Gasteiger partial charge in [0.25, 0.3) is 0 Å². The zero-order chi connectivity index (χ0) is 23.7. The number of ether oxygens (including phenoxy) is 6. The average molecular weight is 483 g/mol. The Morgan fingerprint density at radius 2 is 0.875 bits per heavy atom. The van der Waals surface area contributed by atoms with Crippen LogP contribution in [0.1, 0.15) is 20.7 Å². The van der Waals surface area contributed by atoms with Crippen molar-refractivity contribution in [2.45, 2.75) is 0 Å². The molecule has 0 fully saturated rings. The molecule has 0 aliphatic heterocycles. The highest BCUT2D eigenvalue weighted by Crippen LogP contribution is 2.50. The van der Waals surface area contributed by atoms with Crippen LogP contribution in [0.15, 0.2) is 12.1 Å². The maximum Gasteiger partial charge on any atom is 0.342 e. The van der Waals surface area contributed by atoms with Crippen LogP contribution in [-0.2, 0) is 9.47 Å². The van der Waals surface area contributed by atoms with Gasteiger partial charge in [0.15, 0.2) is 23.0 Å². The predicted octanol–water partition coefficient (Wildman–Crippen LogP) is 4.91. The second-order valence-electron chi connectivity index (χ2n) is 6.44. The molecule has 0 unspecified atom stereocenters. The fourth-order valence-electron chi connectivity index (χ4n) is 3.66. The molecule has 0 aromatic heterocycles. The molecule has 0 heterocycles. The monoisotopic (exact) mass is 482 g/mol. The number of hydrogen-bond donors (Lipinski definition) is 0. The van der Waals surface area contributed by atoms with Crippen LogP contribution in [0.3, 0.4) is 0 Å². The molecule has 0 spiro atoms. The number of methoxy groups -OCH3 is 6. The largest absolute Gasteiger partial charge is 0.492 e. The highest BCUT2D eigenvalue weighted by molar-refractivity contribution is 6.41. The second kappa shape index (κ2) is 9.18. The third-order valence-corrected chi connectivity index (χ3v) is 5.78. The van der Waals surface area contributed by atoms with E-state index in [1.54, 1.807) is 12.1 Å². The minimum absolute atomic E-state index is 0.0821. The van der Waals surface area contributed by atoms with E-state index >= 15 is 0 Å². The van der Waals surface area contributed by atoms with Crippen molar-refractivity contribution in [3.05, 3.63) is 33.3 Å². The van der Waals surface area contributed by atoms with E-state index in [1.165, 1.54) is 42.7 Å². The highest BCUT2D eigenvalue weighted by atomic mass is 35.5. The summed E-state index contributed by atoms with van der Waals surface area (Å²) >= 11 is 13.2. The molecule has 32 heavy (non-hydrogen) atoms. The number of carbonyl (C=O) groups excluding carboxylic acids is 2. The van der Waals surface area contributed by atoms with Gasteiger partial charge in [-0.15, -0.1) is 0 Å². The lowest BCUT2D eigenvalue weighted by atomic mass is 9.94. The third kappa shape index (κ3) is 3.40. The number of fused-ring (bicyclic) bond motifs is 2. The summed E-state index contributed by atoms with van der Waals surface area (Å²) in [5, 5.41) is 1.86. The molecule has 0 aliphatic rings. The quantitative estimate of drug-likeness (QED) is 0.361. The molecular formula is C22H20Cl2O8. The molecule has 0 saturated carbocycles. The summed E-state index contributed by atoms with van der Waals surface area (Å²) in [5.74, 6) is -0.890. The van der Waals surface area contributed by atoms with Crippen LogP contribution >= 0.6 is 23.2 Å². The lowest BCUT2D eigenvalue weighted by Gasteiger charge is -2.20. The molecule has 0 saturated heterocycles. The Hall–Kier alpha value is -3.10. The third-order valence-electron chi connectivity index (χ3n) is 5.03. The Kier molecular flexibility index (Phi) is 6.76. The van der Waals surface area contributed by atoms with E-state index in [2.05, 4.69) is 0 Å². The Labute approximate surface area is 193 Å². The number of rotatable bonds is 6. The number of hydrogen-bond acceptors (Lipinski definition) is 8. The van der Waals surface area contributed by atoms with Crippen molar-refractivity contribution in [3.8, 4) is 23.0 Å². The molecule has 170 valence electrons. The van der Waals surface area contributed by atoms with E-state index < -0.39 is 11.9 Å². The number of halogens is 2. The summed E-state index contributed by atoms with van der Waals surface area (Å²) in [6.45, 7) is 0. The van der Waals surface area contributed by atoms with Gasteiger partial charge in [0, 0.05) is 21.5 Å².